The van der Waals surface area contributed by atoms with E-state index in [0.717, 1.165) is 19.3 Å². The van der Waals surface area contributed by atoms with Crippen LogP contribution in [0.1, 0.15) is 24.6 Å². The standard InChI is InChI=1S/C22H28N4O7S/c1-22(20(29)23-31,34(2,32)33)7-8-25-13-18-9-16(12-26(18)21(25)30)5-3-4-6-17-10-24(11-17)14-19(28)15-27/h9,12,17,19,27-28,31H,7-8,10-11,13-15H2,1-2H3,(H,23,29). The van der Waals surface area contributed by atoms with E-state index >= 15 is 0 Å². The highest BCUT2D eigenvalue weighted by atomic mass is 32.2. The zero-order valence-electron chi connectivity index (χ0n) is 19.0. The molecule has 0 saturated carbocycles. The van der Waals surface area contributed by atoms with E-state index < -0.39 is 26.6 Å². The van der Waals surface area contributed by atoms with Crippen LogP contribution in [0, 0.1) is 29.6 Å². The van der Waals surface area contributed by atoms with Gasteiger partial charge in [-0.25, -0.2) is 18.7 Å². The Morgan fingerprint density at radius 1 is 1.35 bits per heavy atom. The number of β-amino-alcohol motifs (C(OH)–C–C–N with tert-alkyl or cyclic N) is 1. The molecule has 11 nitrogen and oxygen atoms in total. The number of hydrogen-bond acceptors (Lipinski definition) is 8. The second kappa shape index (κ2) is 10.2. The summed E-state index contributed by atoms with van der Waals surface area (Å²) < 4.78 is 23.7. The molecule has 2 unspecified atom stereocenters. The zero-order chi connectivity index (χ0) is 25.1. The molecule has 2 amide bonds. The normalized spacial score (nSPS) is 18.6. The molecule has 184 valence electrons. The minimum absolute atomic E-state index is 0.0116. The van der Waals surface area contributed by atoms with Gasteiger partial charge in [-0.2, -0.15) is 0 Å². The van der Waals surface area contributed by atoms with Crippen molar-refractivity contribution in [3.05, 3.63) is 23.5 Å². The topological polar surface area (TPSA) is 152 Å². The molecule has 0 spiro atoms. The van der Waals surface area contributed by atoms with Gasteiger partial charge in [0.1, 0.15) is 0 Å². The first-order valence-electron chi connectivity index (χ1n) is 10.7. The number of carbonyl (C=O) groups excluding carboxylic acids is 2. The molecular weight excluding hydrogens is 464 g/mol. The molecule has 0 aromatic carbocycles. The summed E-state index contributed by atoms with van der Waals surface area (Å²) in [6, 6.07) is 1.40. The SMILES string of the molecule is CC(CCN1Cc2cc(C#CC#CC3CN(CC(O)CO)C3)cn2C1=O)(C(=O)NO)S(C)(=O)=O. The van der Waals surface area contributed by atoms with Gasteiger partial charge in [-0.3, -0.25) is 19.5 Å². The summed E-state index contributed by atoms with van der Waals surface area (Å²) in [6.45, 7) is 3.06. The number of hydroxylamine groups is 1. The number of sulfone groups is 1. The average Bonchev–Trinajstić information content (AvgIpc) is 3.29. The number of carbonyl (C=O) groups is 2. The smallest absolute Gasteiger partial charge is 0.328 e. The summed E-state index contributed by atoms with van der Waals surface area (Å²) in [4.78, 5) is 28.1. The third-order valence-electron chi connectivity index (χ3n) is 6.17. The van der Waals surface area contributed by atoms with Gasteiger partial charge in [0.15, 0.2) is 14.6 Å². The molecule has 0 radical (unpaired) electrons. The Labute approximate surface area is 198 Å². The molecule has 0 bridgehead atoms. The van der Waals surface area contributed by atoms with Crippen LogP contribution < -0.4 is 5.48 Å². The van der Waals surface area contributed by atoms with Crippen molar-refractivity contribution in [1.82, 2.24) is 19.8 Å². The third kappa shape index (κ3) is 5.43. The van der Waals surface area contributed by atoms with Gasteiger partial charge >= 0.3 is 6.03 Å². The fourth-order valence-corrected chi connectivity index (χ4v) is 4.65. The summed E-state index contributed by atoms with van der Waals surface area (Å²) in [6.07, 6.45) is 1.58. The Kier molecular flexibility index (Phi) is 7.70. The first-order chi connectivity index (χ1) is 16.0. The van der Waals surface area contributed by atoms with Crippen molar-refractivity contribution in [1.29, 1.82) is 0 Å². The zero-order valence-corrected chi connectivity index (χ0v) is 19.8. The minimum atomic E-state index is -3.84. The Morgan fingerprint density at radius 3 is 2.65 bits per heavy atom. The van der Waals surface area contributed by atoms with E-state index in [1.165, 1.54) is 21.9 Å². The van der Waals surface area contributed by atoms with E-state index in [9.17, 15) is 23.1 Å². The van der Waals surface area contributed by atoms with Gasteiger partial charge in [0.05, 0.1) is 19.3 Å². The molecule has 4 N–H and O–H groups in total. The lowest BCUT2D eigenvalue weighted by Gasteiger charge is -2.37. The maximum Gasteiger partial charge on any atom is 0.328 e. The van der Waals surface area contributed by atoms with E-state index in [-0.39, 0.29) is 38.1 Å². The highest BCUT2D eigenvalue weighted by molar-refractivity contribution is 7.92. The molecule has 2 atom stereocenters. The molecule has 0 aliphatic carbocycles. The number of hydrogen-bond donors (Lipinski definition) is 4. The molecule has 12 heteroatoms. The Bertz CT molecular complexity index is 1180. The predicted octanol–water partition coefficient (Wildman–Crippen LogP) is -1.39. The van der Waals surface area contributed by atoms with E-state index in [0.29, 0.717) is 17.8 Å². The number of nitrogens with one attached hydrogen (secondary N) is 1. The van der Waals surface area contributed by atoms with Crippen LogP contribution in [0.15, 0.2) is 12.3 Å². The van der Waals surface area contributed by atoms with Gasteiger partial charge in [-0.05, 0) is 31.3 Å². The number of likely N-dealkylation sites (tertiary alicyclic amines) is 1. The van der Waals surface area contributed by atoms with Crippen molar-refractivity contribution in [2.24, 2.45) is 5.92 Å². The quantitative estimate of drug-likeness (QED) is 0.197. The monoisotopic (exact) mass is 492 g/mol. The number of aliphatic hydroxyl groups is 2. The van der Waals surface area contributed by atoms with Crippen LogP contribution in [0.25, 0.3) is 0 Å². The lowest BCUT2D eigenvalue weighted by atomic mass is 10.0. The molecule has 2 aliphatic rings. The van der Waals surface area contributed by atoms with Gasteiger partial charge in [-0.15, -0.1) is 0 Å². The Hall–Kier alpha value is -2.87. The van der Waals surface area contributed by atoms with E-state index in [1.54, 1.807) is 12.3 Å². The second-order valence-electron chi connectivity index (χ2n) is 8.76. The lowest BCUT2D eigenvalue weighted by Crippen LogP contribution is -2.50. The van der Waals surface area contributed by atoms with Crippen molar-refractivity contribution >= 4 is 21.8 Å². The predicted molar refractivity (Wildman–Crippen MR) is 121 cm³/mol. The number of nitrogens with zero attached hydrogens (tertiary/aromatic N) is 3. The van der Waals surface area contributed by atoms with E-state index in [1.807, 2.05) is 4.90 Å². The van der Waals surface area contributed by atoms with Crippen molar-refractivity contribution in [2.75, 3.05) is 39.0 Å². The van der Waals surface area contributed by atoms with Crippen LogP contribution in [-0.2, 0) is 21.2 Å². The molecule has 2 aliphatic heterocycles. The fraction of sp³-hybridized carbons (Fsp3) is 0.545. The summed E-state index contributed by atoms with van der Waals surface area (Å²) in [7, 11) is -3.84. The Morgan fingerprint density at radius 2 is 2.06 bits per heavy atom. The van der Waals surface area contributed by atoms with Gasteiger partial charge in [0.2, 0.25) is 0 Å². The first-order valence-corrected chi connectivity index (χ1v) is 12.5. The molecule has 3 rings (SSSR count). The molecule has 1 aromatic heterocycles. The second-order valence-corrected chi connectivity index (χ2v) is 11.2. The minimum Gasteiger partial charge on any atom is -0.394 e. The maximum absolute atomic E-state index is 12.7. The number of amides is 2. The highest BCUT2D eigenvalue weighted by Crippen LogP contribution is 2.25. The third-order valence-corrected chi connectivity index (χ3v) is 8.20. The molecule has 1 aromatic rings. The largest absolute Gasteiger partial charge is 0.394 e. The summed E-state index contributed by atoms with van der Waals surface area (Å²) in [5.41, 5.74) is 2.71. The van der Waals surface area contributed by atoms with Gasteiger partial charge in [-0.1, -0.05) is 11.8 Å². The Balaban J connectivity index is 1.55. The molecular formula is C22H28N4O7S. The van der Waals surface area contributed by atoms with Crippen LogP contribution in [0.2, 0.25) is 0 Å². The van der Waals surface area contributed by atoms with Crippen molar-refractivity contribution in [2.45, 2.75) is 30.7 Å². The van der Waals surface area contributed by atoms with Crippen molar-refractivity contribution in [3.63, 3.8) is 0 Å². The van der Waals surface area contributed by atoms with E-state index in [4.69, 9.17) is 10.3 Å². The fourth-order valence-electron chi connectivity index (χ4n) is 3.81. The van der Waals surface area contributed by atoms with Crippen LogP contribution in [0.3, 0.4) is 0 Å². The maximum atomic E-state index is 12.7. The number of aliphatic hydroxyl groups excluding tert-OH is 2. The van der Waals surface area contributed by atoms with Crippen LogP contribution in [-0.4, -0.2) is 100 Å². The van der Waals surface area contributed by atoms with Gasteiger partial charge in [0, 0.05) is 55.8 Å². The summed E-state index contributed by atoms with van der Waals surface area (Å²) >= 11 is 0. The highest BCUT2D eigenvalue weighted by Gasteiger charge is 2.44. The molecule has 3 heterocycles. The van der Waals surface area contributed by atoms with Crippen molar-refractivity contribution in [3.8, 4) is 23.7 Å². The number of rotatable bonds is 8. The summed E-state index contributed by atoms with van der Waals surface area (Å²) in [5.74, 6) is 10.6. The van der Waals surface area contributed by atoms with Crippen LogP contribution in [0.4, 0.5) is 4.79 Å². The average molecular weight is 493 g/mol. The number of aromatic nitrogens is 1. The van der Waals surface area contributed by atoms with Crippen molar-refractivity contribution < 1.29 is 33.4 Å². The summed E-state index contributed by atoms with van der Waals surface area (Å²) in [5, 5.41) is 27.2. The molecule has 1 saturated heterocycles. The van der Waals surface area contributed by atoms with Crippen LogP contribution in [0.5, 0.6) is 0 Å². The number of fused-ring (bicyclic) bond motifs is 1. The molecule has 1 fully saturated rings. The lowest BCUT2D eigenvalue weighted by molar-refractivity contribution is -0.131. The molecule has 34 heavy (non-hydrogen) atoms. The first kappa shape index (κ1) is 25.7. The van der Waals surface area contributed by atoms with Gasteiger partial charge < -0.3 is 15.1 Å². The van der Waals surface area contributed by atoms with E-state index in [2.05, 4.69) is 23.7 Å². The van der Waals surface area contributed by atoms with Crippen LogP contribution >= 0.6 is 0 Å². The van der Waals surface area contributed by atoms with Gasteiger partial charge in [0.25, 0.3) is 5.91 Å².